The van der Waals surface area contributed by atoms with E-state index in [2.05, 4.69) is 5.43 Å². The number of phenols is 1. The van der Waals surface area contributed by atoms with Crippen molar-refractivity contribution in [3.8, 4) is 17.2 Å². The van der Waals surface area contributed by atoms with Gasteiger partial charge >= 0.3 is 0 Å². The lowest BCUT2D eigenvalue weighted by Gasteiger charge is -2.50. The number of hydrogen-bond acceptors (Lipinski definition) is 8. The van der Waals surface area contributed by atoms with Crippen molar-refractivity contribution in [2.24, 2.45) is 23.7 Å². The van der Waals surface area contributed by atoms with Crippen molar-refractivity contribution in [1.82, 2.24) is 5.01 Å². The predicted molar refractivity (Wildman–Crippen MR) is 204 cm³/mol. The van der Waals surface area contributed by atoms with Crippen LogP contribution in [0.25, 0.3) is 0 Å². The summed E-state index contributed by atoms with van der Waals surface area (Å²) in [5.74, 6) is -5.71. The summed E-state index contributed by atoms with van der Waals surface area (Å²) in [7, 11) is 2.96. The number of anilines is 2. The molecule has 0 bridgehead atoms. The number of hydrazine groups is 1. The molecule has 4 aromatic rings. The molecule has 0 aromatic heterocycles. The number of halogens is 3. The van der Waals surface area contributed by atoms with Gasteiger partial charge < -0.3 is 14.6 Å². The highest BCUT2D eigenvalue weighted by molar-refractivity contribution is 6.36. The normalized spacial score (nSPS) is 26.0. The third-order valence-corrected chi connectivity index (χ3v) is 12.5. The molecule has 2 heterocycles. The van der Waals surface area contributed by atoms with Crippen LogP contribution in [0.3, 0.4) is 0 Å². The van der Waals surface area contributed by atoms with Crippen molar-refractivity contribution in [1.29, 1.82) is 0 Å². The Balaban J connectivity index is 1.34. The van der Waals surface area contributed by atoms with Crippen LogP contribution in [0, 0.1) is 30.6 Å². The number of methoxy groups -OCH3 is 2. The third kappa shape index (κ3) is 5.21. The summed E-state index contributed by atoms with van der Waals surface area (Å²) in [6, 6.07) is 21.6. The van der Waals surface area contributed by atoms with Crippen molar-refractivity contribution in [2.45, 2.75) is 31.1 Å². The SMILES string of the molecule is COc1ccc([C@@]23C(=O)N(Nc4ccc(Cl)cc4Cl)C(=O)[C@@H]2C[C@@H]2C(=CC[C@@H]4C(=O)N(c5ccc(C)c(Cl)c5)C(=O)[C@@H]42)[C@@H]3c2cccc(OC)c2O)cc1. The molecule has 2 saturated heterocycles. The minimum atomic E-state index is -1.65. The summed E-state index contributed by atoms with van der Waals surface area (Å²) in [6.45, 7) is 1.83. The molecule has 2 aliphatic carbocycles. The van der Waals surface area contributed by atoms with Gasteiger partial charge in [-0.1, -0.05) is 76.8 Å². The Kier molecular flexibility index (Phi) is 8.91. The maximum Gasteiger partial charge on any atom is 0.260 e. The number of carbonyl (C=O) groups is 4. The molecule has 276 valence electrons. The molecular formula is C41H34Cl3N3O7. The van der Waals surface area contributed by atoms with Crippen molar-refractivity contribution in [2.75, 3.05) is 24.5 Å². The quantitative estimate of drug-likeness (QED) is 0.143. The number of nitrogens with zero attached hydrogens (tertiary/aromatic N) is 2. The fourth-order valence-electron chi connectivity index (χ4n) is 9.10. The second kappa shape index (κ2) is 13.4. The first-order valence-corrected chi connectivity index (χ1v) is 18.5. The van der Waals surface area contributed by atoms with Crippen molar-refractivity contribution >= 4 is 69.8 Å². The maximum atomic E-state index is 15.4. The zero-order valence-electron chi connectivity index (χ0n) is 29.3. The van der Waals surface area contributed by atoms with Crippen LogP contribution in [0.4, 0.5) is 11.4 Å². The van der Waals surface area contributed by atoms with Gasteiger partial charge in [0.25, 0.3) is 11.8 Å². The Morgan fingerprint density at radius 2 is 1.59 bits per heavy atom. The van der Waals surface area contributed by atoms with Gasteiger partial charge in [-0.25, -0.2) is 4.90 Å². The Morgan fingerprint density at radius 1 is 0.833 bits per heavy atom. The van der Waals surface area contributed by atoms with Gasteiger partial charge in [-0.05, 0) is 85.3 Å². The van der Waals surface area contributed by atoms with Crippen LogP contribution in [0.1, 0.15) is 35.4 Å². The van der Waals surface area contributed by atoms with Gasteiger partial charge in [0.05, 0.1) is 53.8 Å². The molecule has 0 spiro atoms. The van der Waals surface area contributed by atoms with E-state index in [9.17, 15) is 19.5 Å². The van der Waals surface area contributed by atoms with Crippen molar-refractivity contribution < 1.29 is 33.8 Å². The zero-order valence-corrected chi connectivity index (χ0v) is 31.6. The van der Waals surface area contributed by atoms with E-state index in [-0.39, 0.29) is 41.0 Å². The van der Waals surface area contributed by atoms with Gasteiger partial charge in [-0.2, -0.15) is 5.01 Å². The minimum absolute atomic E-state index is 0.0544. The van der Waals surface area contributed by atoms with Crippen molar-refractivity contribution in [3.05, 3.63) is 122 Å². The van der Waals surface area contributed by atoms with Crippen LogP contribution in [-0.4, -0.2) is 48.0 Å². The molecule has 4 amide bonds. The zero-order chi connectivity index (χ0) is 38.2. The standard InChI is InChI=1S/C41H34Cl3N3O7/c1-20-7-11-23(18-30(20)43)46-37(49)26-15-14-25-28(34(26)39(46)51)19-29-38(50)47(45-32-16-10-22(42)17-31(32)44)40(52)41(29,21-8-12-24(53-2)13-9-21)35(25)27-5-4-6-33(54-3)36(27)48/h4-14,16-18,26,28-29,34-35,45,48H,15,19H2,1-3H3/t26-,28+,29-,34-,35+,41+/m0/s1. The van der Waals surface area contributed by atoms with Gasteiger partial charge in [-0.15, -0.1) is 0 Å². The number of ether oxygens (including phenoxy) is 2. The number of imide groups is 2. The summed E-state index contributed by atoms with van der Waals surface area (Å²) in [4.78, 5) is 60.3. The summed E-state index contributed by atoms with van der Waals surface area (Å²) < 4.78 is 11.0. The van der Waals surface area contributed by atoms with Gasteiger partial charge in [0, 0.05) is 21.5 Å². The largest absolute Gasteiger partial charge is 0.504 e. The van der Waals surface area contributed by atoms with Gasteiger partial charge in [0.1, 0.15) is 5.75 Å². The molecule has 3 fully saturated rings. The highest BCUT2D eigenvalue weighted by Gasteiger charge is 2.70. The van der Waals surface area contributed by atoms with E-state index in [0.717, 1.165) is 10.6 Å². The monoisotopic (exact) mass is 785 g/mol. The van der Waals surface area contributed by atoms with Crippen LogP contribution in [0.15, 0.2) is 90.5 Å². The number of benzene rings is 4. The van der Waals surface area contributed by atoms with E-state index in [4.69, 9.17) is 44.3 Å². The highest BCUT2D eigenvalue weighted by Crippen LogP contribution is 2.65. The topological polar surface area (TPSA) is 125 Å². The summed E-state index contributed by atoms with van der Waals surface area (Å²) in [5.41, 5.74) is 4.25. The molecule has 8 rings (SSSR count). The van der Waals surface area contributed by atoms with E-state index in [1.54, 1.807) is 72.8 Å². The molecule has 54 heavy (non-hydrogen) atoms. The number of nitrogens with one attached hydrogen (secondary N) is 1. The van der Waals surface area contributed by atoms with Gasteiger partial charge in [0.2, 0.25) is 11.8 Å². The number of amides is 4. The lowest BCUT2D eigenvalue weighted by molar-refractivity contribution is -0.138. The fraction of sp³-hybridized carbons (Fsp3) is 0.268. The molecular weight excluding hydrogens is 753 g/mol. The van der Waals surface area contributed by atoms with Crippen LogP contribution in [-0.2, 0) is 24.6 Å². The van der Waals surface area contributed by atoms with Crippen LogP contribution < -0.4 is 19.8 Å². The smallest absolute Gasteiger partial charge is 0.260 e. The number of phenolic OH excluding ortho intramolecular Hbond substituents is 1. The number of allylic oxidation sites excluding steroid dienone is 2. The Bertz CT molecular complexity index is 2300. The number of hydrogen-bond donors (Lipinski definition) is 2. The summed E-state index contributed by atoms with van der Waals surface area (Å²) in [5, 5.41) is 13.8. The molecule has 2 aliphatic heterocycles. The number of rotatable bonds is 7. The maximum absolute atomic E-state index is 15.4. The van der Waals surface area contributed by atoms with Crippen LogP contribution in [0.5, 0.6) is 17.2 Å². The number of fused-ring (bicyclic) bond motifs is 4. The highest BCUT2D eigenvalue weighted by atomic mass is 35.5. The number of aromatic hydroxyl groups is 1. The molecule has 13 heteroatoms. The Morgan fingerprint density at radius 3 is 2.28 bits per heavy atom. The minimum Gasteiger partial charge on any atom is -0.504 e. The van der Waals surface area contributed by atoms with E-state index < -0.39 is 52.7 Å². The Labute approximate surface area is 326 Å². The van der Waals surface area contributed by atoms with Crippen LogP contribution >= 0.6 is 34.8 Å². The summed E-state index contributed by atoms with van der Waals surface area (Å²) >= 11 is 19.2. The molecule has 2 N–H and O–H groups in total. The van der Waals surface area contributed by atoms with E-state index in [1.807, 2.05) is 13.0 Å². The van der Waals surface area contributed by atoms with Gasteiger partial charge in [-0.3, -0.25) is 24.6 Å². The molecule has 0 radical (unpaired) electrons. The first-order chi connectivity index (χ1) is 25.9. The lowest BCUT2D eigenvalue weighted by atomic mass is 9.49. The van der Waals surface area contributed by atoms with Crippen LogP contribution in [0.2, 0.25) is 15.1 Å². The first-order valence-electron chi connectivity index (χ1n) is 17.4. The van der Waals surface area contributed by atoms with E-state index in [1.165, 1.54) is 25.2 Å². The first kappa shape index (κ1) is 36.0. The number of para-hydroxylation sites is 1. The van der Waals surface area contributed by atoms with Gasteiger partial charge in [0.15, 0.2) is 11.5 Å². The second-order valence-electron chi connectivity index (χ2n) is 14.1. The number of carbonyl (C=O) groups excluding carboxylic acids is 4. The average Bonchev–Trinajstić information content (AvgIpc) is 3.54. The molecule has 4 aliphatic rings. The molecule has 0 unspecified atom stereocenters. The van der Waals surface area contributed by atoms with E-state index >= 15 is 4.79 Å². The second-order valence-corrected chi connectivity index (χ2v) is 15.3. The van der Waals surface area contributed by atoms with E-state index in [0.29, 0.717) is 38.2 Å². The summed E-state index contributed by atoms with van der Waals surface area (Å²) in [6.07, 6.45) is 2.17. The van der Waals surface area contributed by atoms with Crippen molar-refractivity contribution in [3.63, 3.8) is 0 Å². The molecule has 4 aromatic carbocycles. The lowest BCUT2D eigenvalue weighted by Crippen LogP contribution is -2.53. The predicted octanol–water partition coefficient (Wildman–Crippen LogP) is 7.87. The molecule has 1 saturated carbocycles. The number of aryl methyl sites for hydroxylation is 1. The average molecular weight is 787 g/mol. The molecule has 6 atom stereocenters. The Hall–Kier alpha value is -5.03. The fourth-order valence-corrected chi connectivity index (χ4v) is 9.73. The molecule has 10 nitrogen and oxygen atoms in total. The third-order valence-electron chi connectivity index (χ3n) is 11.6.